The van der Waals surface area contributed by atoms with E-state index in [9.17, 15) is 29.7 Å². The zero-order valence-electron chi connectivity index (χ0n) is 27.6. The highest BCUT2D eigenvalue weighted by atomic mass is 35.5. The van der Waals surface area contributed by atoms with E-state index in [4.69, 9.17) is 42.1 Å². The van der Waals surface area contributed by atoms with Crippen LogP contribution in [0.5, 0.6) is 0 Å². The SMILES string of the molecule is C=C(C)C(=O)OCCOC(=O)C(C#N)=C(Cl)c1ccc(N(c2ccccc2)c2ccc(C(Cl)=C(C#N)C(=O)OCCOC(=O)C(=C)C)cc2)cc1. The smallest absolute Gasteiger partial charge is 0.350 e. The fraction of sp³-hybridized carbons (Fsp3) is 0.158. The maximum absolute atomic E-state index is 12.6. The largest absolute Gasteiger partial charge is 0.459 e. The second kappa shape index (κ2) is 19.2. The molecule has 0 aromatic heterocycles. The van der Waals surface area contributed by atoms with Gasteiger partial charge in [0.05, 0.1) is 10.1 Å². The number of carbonyl (C=O) groups excluding carboxylic acids is 4. The zero-order valence-corrected chi connectivity index (χ0v) is 29.1. The van der Waals surface area contributed by atoms with Crippen LogP contribution in [-0.2, 0) is 38.1 Å². The van der Waals surface area contributed by atoms with Crippen molar-refractivity contribution in [1.82, 2.24) is 0 Å². The lowest BCUT2D eigenvalue weighted by molar-refractivity contribution is -0.147. The summed E-state index contributed by atoms with van der Waals surface area (Å²) in [4.78, 5) is 50.0. The summed E-state index contributed by atoms with van der Waals surface area (Å²) in [5, 5.41) is 19.0. The Kier molecular flexibility index (Phi) is 14.8. The van der Waals surface area contributed by atoms with Crippen molar-refractivity contribution in [1.29, 1.82) is 10.5 Å². The first-order chi connectivity index (χ1) is 24.4. The third kappa shape index (κ3) is 10.9. The number of para-hydroxylation sites is 1. The Balaban J connectivity index is 1.83. The van der Waals surface area contributed by atoms with Gasteiger partial charge in [-0.05, 0) is 61.4 Å². The molecule has 51 heavy (non-hydrogen) atoms. The number of hydrogen-bond acceptors (Lipinski definition) is 11. The predicted molar refractivity (Wildman–Crippen MR) is 191 cm³/mol. The maximum Gasteiger partial charge on any atom is 0.350 e. The summed E-state index contributed by atoms with van der Waals surface area (Å²) in [6, 6.07) is 26.4. The van der Waals surface area contributed by atoms with Crippen LogP contribution in [0.25, 0.3) is 10.1 Å². The van der Waals surface area contributed by atoms with Gasteiger partial charge in [-0.25, -0.2) is 19.2 Å². The monoisotopic (exact) mass is 727 g/mol. The fourth-order valence-corrected chi connectivity index (χ4v) is 4.61. The minimum atomic E-state index is -0.978. The summed E-state index contributed by atoms with van der Waals surface area (Å²) in [5.74, 6) is -3.22. The molecule has 260 valence electrons. The van der Waals surface area contributed by atoms with E-state index in [0.29, 0.717) is 22.5 Å². The molecule has 0 aliphatic heterocycles. The molecule has 0 spiro atoms. The minimum absolute atomic E-state index is 0.135. The van der Waals surface area contributed by atoms with Gasteiger partial charge in [0.1, 0.15) is 38.6 Å². The van der Waals surface area contributed by atoms with Crippen molar-refractivity contribution in [3.63, 3.8) is 0 Å². The molecule has 0 bridgehead atoms. The molecule has 0 saturated heterocycles. The molecule has 0 unspecified atom stereocenters. The molecule has 0 saturated carbocycles. The number of nitriles is 2. The molecule has 0 atom stereocenters. The number of carbonyl (C=O) groups is 4. The standard InChI is InChI=1S/C38H31Cl2N3O8/c1-24(2)35(44)48-18-20-50-37(46)31(22-41)33(39)26-10-14-29(15-11-26)43(28-8-6-5-7-9-28)30-16-12-27(13-17-30)34(40)32(23-42)38(47)51-21-19-49-36(45)25(3)4/h5-17H,1,3,18-21H2,2,4H3. The van der Waals surface area contributed by atoms with Crippen molar-refractivity contribution >= 4 is 74.2 Å². The Hall–Kier alpha value is -6.14. The van der Waals surface area contributed by atoms with Crippen molar-refractivity contribution < 1.29 is 38.1 Å². The van der Waals surface area contributed by atoms with Gasteiger partial charge in [-0.1, -0.05) is 78.8 Å². The summed E-state index contributed by atoms with van der Waals surface area (Å²) in [6.45, 7) is 8.88. The molecular weight excluding hydrogens is 697 g/mol. The van der Waals surface area contributed by atoms with E-state index >= 15 is 0 Å². The highest BCUT2D eigenvalue weighted by molar-refractivity contribution is 6.51. The molecule has 3 aromatic carbocycles. The van der Waals surface area contributed by atoms with Crippen LogP contribution < -0.4 is 4.90 Å². The molecule has 11 nitrogen and oxygen atoms in total. The van der Waals surface area contributed by atoms with Gasteiger partial charge < -0.3 is 23.8 Å². The van der Waals surface area contributed by atoms with Crippen molar-refractivity contribution in [2.24, 2.45) is 0 Å². The van der Waals surface area contributed by atoms with Gasteiger partial charge >= 0.3 is 23.9 Å². The Morgan fingerprint density at radius 2 is 0.882 bits per heavy atom. The van der Waals surface area contributed by atoms with E-state index in [-0.39, 0.29) is 47.6 Å². The van der Waals surface area contributed by atoms with E-state index in [2.05, 4.69) is 13.2 Å². The number of halogens is 2. The van der Waals surface area contributed by atoms with E-state index in [0.717, 1.165) is 5.69 Å². The normalized spacial score (nSPS) is 11.3. The highest BCUT2D eigenvalue weighted by Crippen LogP contribution is 2.37. The van der Waals surface area contributed by atoms with Gasteiger partial charge in [0.25, 0.3) is 0 Å². The Morgan fingerprint density at radius 1 is 0.569 bits per heavy atom. The maximum atomic E-state index is 12.6. The molecule has 0 aliphatic rings. The number of ether oxygens (including phenoxy) is 4. The number of hydrogen-bond donors (Lipinski definition) is 0. The third-order valence-electron chi connectivity index (χ3n) is 6.64. The number of nitrogens with zero attached hydrogens (tertiary/aromatic N) is 3. The van der Waals surface area contributed by atoms with Gasteiger partial charge in [-0.15, -0.1) is 0 Å². The van der Waals surface area contributed by atoms with E-state index < -0.39 is 35.0 Å². The predicted octanol–water partition coefficient (Wildman–Crippen LogP) is 7.43. The summed E-state index contributed by atoms with van der Waals surface area (Å²) in [5.41, 5.74) is 2.40. The summed E-state index contributed by atoms with van der Waals surface area (Å²) in [7, 11) is 0. The first-order valence-electron chi connectivity index (χ1n) is 15.0. The second-order valence-corrected chi connectivity index (χ2v) is 11.2. The van der Waals surface area contributed by atoms with E-state index in [1.807, 2.05) is 35.2 Å². The molecule has 13 heteroatoms. The quantitative estimate of drug-likeness (QED) is 0.0504. The highest BCUT2D eigenvalue weighted by Gasteiger charge is 2.21. The van der Waals surface area contributed by atoms with Crippen LogP contribution in [-0.4, -0.2) is 50.3 Å². The summed E-state index contributed by atoms with van der Waals surface area (Å²) < 4.78 is 19.9. The number of benzene rings is 3. The summed E-state index contributed by atoms with van der Waals surface area (Å²) >= 11 is 12.9. The van der Waals surface area contributed by atoms with Crippen molar-refractivity contribution in [2.75, 3.05) is 31.3 Å². The number of rotatable bonds is 15. The molecule has 0 heterocycles. The summed E-state index contributed by atoms with van der Waals surface area (Å²) in [6.07, 6.45) is 0. The average Bonchev–Trinajstić information content (AvgIpc) is 3.13. The number of anilines is 3. The van der Waals surface area contributed by atoms with Crippen LogP contribution in [0, 0.1) is 22.7 Å². The molecule has 3 aromatic rings. The van der Waals surface area contributed by atoms with E-state index in [1.165, 1.54) is 13.8 Å². The van der Waals surface area contributed by atoms with Crippen LogP contribution in [0.4, 0.5) is 17.1 Å². The molecule has 0 radical (unpaired) electrons. The van der Waals surface area contributed by atoms with Crippen LogP contribution in [0.2, 0.25) is 0 Å². The molecule has 0 amide bonds. The van der Waals surface area contributed by atoms with Gasteiger partial charge in [0.2, 0.25) is 0 Å². The van der Waals surface area contributed by atoms with Crippen LogP contribution in [0.3, 0.4) is 0 Å². The lowest BCUT2D eigenvalue weighted by atomic mass is 10.1. The number of esters is 4. The first-order valence-corrected chi connectivity index (χ1v) is 15.8. The van der Waals surface area contributed by atoms with Gasteiger partial charge in [0.15, 0.2) is 11.1 Å². The second-order valence-electron chi connectivity index (χ2n) is 10.5. The van der Waals surface area contributed by atoms with E-state index in [1.54, 1.807) is 60.7 Å². The molecule has 0 N–H and O–H groups in total. The van der Waals surface area contributed by atoms with Crippen molar-refractivity contribution in [3.8, 4) is 12.1 Å². The third-order valence-corrected chi connectivity index (χ3v) is 7.45. The molecule has 3 rings (SSSR count). The zero-order chi connectivity index (χ0) is 37.5. The van der Waals surface area contributed by atoms with Gasteiger partial charge in [0, 0.05) is 28.2 Å². The average molecular weight is 729 g/mol. The lowest BCUT2D eigenvalue weighted by Gasteiger charge is -2.26. The van der Waals surface area contributed by atoms with Crippen LogP contribution in [0.1, 0.15) is 25.0 Å². The molecule has 0 aliphatic carbocycles. The Bertz CT molecular complexity index is 1830. The van der Waals surface area contributed by atoms with Crippen molar-refractivity contribution in [3.05, 3.63) is 125 Å². The first kappa shape index (κ1) is 39.3. The minimum Gasteiger partial charge on any atom is -0.459 e. The van der Waals surface area contributed by atoms with Crippen LogP contribution in [0.15, 0.2) is 114 Å². The van der Waals surface area contributed by atoms with Crippen LogP contribution >= 0.6 is 23.2 Å². The Labute approximate surface area is 304 Å². The molecular formula is C38H31Cl2N3O8. The Morgan fingerprint density at radius 3 is 1.20 bits per heavy atom. The lowest BCUT2D eigenvalue weighted by Crippen LogP contribution is -2.15. The molecule has 0 fully saturated rings. The fourth-order valence-electron chi connectivity index (χ4n) is 4.12. The van der Waals surface area contributed by atoms with Crippen molar-refractivity contribution in [2.45, 2.75) is 13.8 Å². The van der Waals surface area contributed by atoms with Gasteiger partial charge in [-0.3, -0.25) is 0 Å². The van der Waals surface area contributed by atoms with Gasteiger partial charge in [-0.2, -0.15) is 10.5 Å². The topological polar surface area (TPSA) is 156 Å².